The fourth-order valence-electron chi connectivity index (χ4n) is 3.76. The van der Waals surface area contributed by atoms with E-state index in [9.17, 15) is 14.7 Å². The number of nitrogens with zero attached hydrogens (tertiary/aromatic N) is 1. The highest BCUT2D eigenvalue weighted by molar-refractivity contribution is 5.97. The van der Waals surface area contributed by atoms with Gasteiger partial charge in [-0.3, -0.25) is 9.59 Å². The molecule has 2 fully saturated rings. The lowest BCUT2D eigenvalue weighted by atomic mass is 9.92. The van der Waals surface area contributed by atoms with Gasteiger partial charge in [-0.15, -0.1) is 0 Å². The molecule has 1 aromatic carbocycles. The van der Waals surface area contributed by atoms with Gasteiger partial charge in [0.1, 0.15) is 11.5 Å². The van der Waals surface area contributed by atoms with Gasteiger partial charge in [-0.05, 0) is 49.1 Å². The van der Waals surface area contributed by atoms with Crippen molar-refractivity contribution >= 4 is 11.9 Å². The number of hydrogen-bond donors (Lipinski definition) is 1. The number of carbonyl (C=O) groups excluding carboxylic acids is 1. The van der Waals surface area contributed by atoms with Crippen molar-refractivity contribution in [3.63, 3.8) is 0 Å². The average molecular weight is 375 g/mol. The molecule has 1 heterocycles. The van der Waals surface area contributed by atoms with Crippen molar-refractivity contribution in [2.75, 3.05) is 26.8 Å². The summed E-state index contributed by atoms with van der Waals surface area (Å²) in [6.45, 7) is 5.54. The van der Waals surface area contributed by atoms with Gasteiger partial charge in [-0.2, -0.15) is 0 Å². The predicted molar refractivity (Wildman–Crippen MR) is 101 cm³/mol. The molecule has 1 saturated heterocycles. The number of carboxylic acid groups (broad SMARTS) is 1. The van der Waals surface area contributed by atoms with Crippen LogP contribution in [0.1, 0.15) is 43.5 Å². The minimum atomic E-state index is -0.801. The fourth-order valence-corrected chi connectivity index (χ4v) is 3.76. The Bertz CT molecular complexity index is 698. The van der Waals surface area contributed by atoms with Gasteiger partial charge in [0.15, 0.2) is 0 Å². The van der Waals surface area contributed by atoms with E-state index in [4.69, 9.17) is 9.47 Å². The van der Waals surface area contributed by atoms with Crippen LogP contribution in [-0.2, 0) is 4.79 Å². The first-order valence-corrected chi connectivity index (χ1v) is 9.73. The summed E-state index contributed by atoms with van der Waals surface area (Å²) < 4.78 is 11.2. The molecule has 2 aliphatic rings. The van der Waals surface area contributed by atoms with Crippen LogP contribution in [0.4, 0.5) is 0 Å². The van der Waals surface area contributed by atoms with Crippen molar-refractivity contribution < 1.29 is 24.2 Å². The Kier molecular flexibility index (Phi) is 5.92. The number of hydrogen-bond acceptors (Lipinski definition) is 4. The zero-order valence-electron chi connectivity index (χ0n) is 16.3. The van der Waals surface area contributed by atoms with Crippen LogP contribution >= 0.6 is 0 Å². The van der Waals surface area contributed by atoms with E-state index in [2.05, 4.69) is 13.8 Å². The standard InChI is InChI=1S/C21H29NO5/c1-13(2)8-9-27-19-10-15(26-3)6-7-16(19)20(23)22-11-17(14-4-5-14)18(12-22)21(24)25/h6-7,10,13-14,17-18H,4-5,8-9,11-12H2,1-3H3,(H,24,25)/t17-,18+/m1/s1. The van der Waals surface area contributed by atoms with Gasteiger partial charge in [0, 0.05) is 19.2 Å². The maximum absolute atomic E-state index is 13.1. The van der Waals surface area contributed by atoms with Crippen LogP contribution in [0.5, 0.6) is 11.5 Å². The molecule has 3 rings (SSSR count). The fraction of sp³-hybridized carbons (Fsp3) is 0.619. The second-order valence-electron chi connectivity index (χ2n) is 8.05. The van der Waals surface area contributed by atoms with E-state index in [0.29, 0.717) is 42.0 Å². The average Bonchev–Trinajstić information content (AvgIpc) is 3.38. The molecular weight excluding hydrogens is 346 g/mol. The molecule has 1 amide bonds. The quantitative estimate of drug-likeness (QED) is 0.754. The topological polar surface area (TPSA) is 76.1 Å². The minimum Gasteiger partial charge on any atom is -0.497 e. The molecule has 0 bridgehead atoms. The Hall–Kier alpha value is -2.24. The summed E-state index contributed by atoms with van der Waals surface area (Å²) in [6, 6.07) is 5.19. The van der Waals surface area contributed by atoms with E-state index in [1.54, 1.807) is 30.2 Å². The van der Waals surface area contributed by atoms with Crippen molar-refractivity contribution in [2.24, 2.45) is 23.7 Å². The molecule has 148 valence electrons. The lowest BCUT2D eigenvalue weighted by Crippen LogP contribution is -2.30. The second-order valence-corrected chi connectivity index (χ2v) is 8.05. The maximum atomic E-state index is 13.1. The molecule has 1 aliphatic heterocycles. The van der Waals surface area contributed by atoms with E-state index < -0.39 is 11.9 Å². The van der Waals surface area contributed by atoms with Crippen LogP contribution in [0.3, 0.4) is 0 Å². The van der Waals surface area contributed by atoms with Crippen LogP contribution in [0.15, 0.2) is 18.2 Å². The Morgan fingerprint density at radius 3 is 2.59 bits per heavy atom. The molecule has 0 radical (unpaired) electrons. The smallest absolute Gasteiger partial charge is 0.308 e. The Morgan fingerprint density at radius 2 is 2.00 bits per heavy atom. The highest BCUT2D eigenvalue weighted by Gasteiger charge is 2.47. The van der Waals surface area contributed by atoms with Crippen molar-refractivity contribution in [3.05, 3.63) is 23.8 Å². The third-order valence-corrected chi connectivity index (χ3v) is 5.57. The highest BCUT2D eigenvalue weighted by atomic mass is 16.5. The SMILES string of the molecule is COc1ccc(C(=O)N2C[C@H](C(=O)O)[C@@H](C3CC3)C2)c(OCCC(C)C)c1. The predicted octanol–water partition coefficient (Wildman–Crippen LogP) is 3.30. The summed E-state index contributed by atoms with van der Waals surface area (Å²) >= 11 is 0. The number of likely N-dealkylation sites (tertiary alicyclic amines) is 1. The first kappa shape index (κ1) is 19.5. The van der Waals surface area contributed by atoms with Crippen LogP contribution in [-0.4, -0.2) is 48.7 Å². The monoisotopic (exact) mass is 375 g/mol. The van der Waals surface area contributed by atoms with Gasteiger partial charge in [0.05, 0.1) is 25.2 Å². The lowest BCUT2D eigenvalue weighted by molar-refractivity contribution is -0.142. The maximum Gasteiger partial charge on any atom is 0.308 e. The van der Waals surface area contributed by atoms with Gasteiger partial charge in [0.25, 0.3) is 5.91 Å². The van der Waals surface area contributed by atoms with E-state index in [0.717, 1.165) is 19.3 Å². The van der Waals surface area contributed by atoms with Gasteiger partial charge in [0.2, 0.25) is 0 Å². The third-order valence-electron chi connectivity index (χ3n) is 5.57. The largest absolute Gasteiger partial charge is 0.497 e. The number of amides is 1. The number of rotatable bonds is 8. The molecular formula is C21H29NO5. The number of carbonyl (C=O) groups is 2. The molecule has 1 N–H and O–H groups in total. The van der Waals surface area contributed by atoms with Crippen molar-refractivity contribution in [2.45, 2.75) is 33.1 Å². The van der Waals surface area contributed by atoms with Crippen LogP contribution in [0.25, 0.3) is 0 Å². The summed E-state index contributed by atoms with van der Waals surface area (Å²) in [5, 5.41) is 9.54. The zero-order valence-corrected chi connectivity index (χ0v) is 16.3. The molecule has 0 aromatic heterocycles. The number of aliphatic carboxylic acids is 1. The zero-order chi connectivity index (χ0) is 19.6. The number of ether oxygens (including phenoxy) is 2. The van der Waals surface area contributed by atoms with Gasteiger partial charge in [-0.1, -0.05) is 13.8 Å². The molecule has 1 saturated carbocycles. The van der Waals surface area contributed by atoms with Crippen molar-refractivity contribution in [3.8, 4) is 11.5 Å². The highest BCUT2D eigenvalue weighted by Crippen LogP contribution is 2.44. The minimum absolute atomic E-state index is 0.0648. The molecule has 1 aliphatic carbocycles. The second kappa shape index (κ2) is 8.19. The Labute approximate surface area is 160 Å². The summed E-state index contributed by atoms with van der Waals surface area (Å²) in [6.07, 6.45) is 3.03. The van der Waals surface area contributed by atoms with Crippen molar-refractivity contribution in [1.82, 2.24) is 4.90 Å². The van der Waals surface area contributed by atoms with Gasteiger partial charge < -0.3 is 19.5 Å². The van der Waals surface area contributed by atoms with E-state index in [1.807, 2.05) is 0 Å². The lowest BCUT2D eigenvalue weighted by Gasteiger charge is -2.19. The van der Waals surface area contributed by atoms with E-state index >= 15 is 0 Å². The first-order valence-electron chi connectivity index (χ1n) is 9.73. The molecule has 27 heavy (non-hydrogen) atoms. The summed E-state index contributed by atoms with van der Waals surface area (Å²) in [4.78, 5) is 26.4. The van der Waals surface area contributed by atoms with Crippen LogP contribution < -0.4 is 9.47 Å². The van der Waals surface area contributed by atoms with Crippen molar-refractivity contribution in [1.29, 1.82) is 0 Å². The summed E-state index contributed by atoms with van der Waals surface area (Å²) in [5.41, 5.74) is 0.472. The van der Waals surface area contributed by atoms with E-state index in [1.165, 1.54) is 0 Å². The van der Waals surface area contributed by atoms with Gasteiger partial charge in [-0.25, -0.2) is 0 Å². The van der Waals surface area contributed by atoms with Crippen LogP contribution in [0, 0.1) is 23.7 Å². The third kappa shape index (κ3) is 4.54. The molecule has 2 atom stereocenters. The molecule has 0 spiro atoms. The Balaban J connectivity index is 1.77. The summed E-state index contributed by atoms with van der Waals surface area (Å²) in [5.74, 6) is 0.719. The number of methoxy groups -OCH3 is 1. The number of benzene rings is 1. The normalized spacial score (nSPS) is 22.1. The van der Waals surface area contributed by atoms with Gasteiger partial charge >= 0.3 is 5.97 Å². The van der Waals surface area contributed by atoms with Crippen LogP contribution in [0.2, 0.25) is 0 Å². The molecule has 6 nitrogen and oxygen atoms in total. The molecule has 0 unspecified atom stereocenters. The molecule has 1 aromatic rings. The molecule has 6 heteroatoms. The first-order chi connectivity index (χ1) is 12.9. The summed E-state index contributed by atoms with van der Waals surface area (Å²) in [7, 11) is 1.58. The Morgan fingerprint density at radius 1 is 1.26 bits per heavy atom. The number of carboxylic acids is 1. The van der Waals surface area contributed by atoms with E-state index in [-0.39, 0.29) is 18.4 Å².